The van der Waals surface area contributed by atoms with Crippen molar-refractivity contribution in [1.82, 2.24) is 9.97 Å². The van der Waals surface area contributed by atoms with E-state index in [2.05, 4.69) is 43.8 Å². The number of aryl methyl sites for hydroxylation is 1. The van der Waals surface area contributed by atoms with Gasteiger partial charge < -0.3 is 9.64 Å². The molecule has 0 N–H and O–H groups in total. The van der Waals surface area contributed by atoms with Crippen molar-refractivity contribution in [2.24, 2.45) is 0 Å². The van der Waals surface area contributed by atoms with Gasteiger partial charge in [-0.25, -0.2) is 4.98 Å². The Morgan fingerprint density at radius 2 is 2.25 bits per heavy atom. The van der Waals surface area contributed by atoms with E-state index < -0.39 is 0 Å². The molecule has 5 heteroatoms. The van der Waals surface area contributed by atoms with Crippen molar-refractivity contribution in [1.29, 1.82) is 0 Å². The molecule has 1 fully saturated rings. The van der Waals surface area contributed by atoms with Crippen molar-refractivity contribution < 1.29 is 4.74 Å². The highest BCUT2D eigenvalue weighted by molar-refractivity contribution is 9.10. The average molecular weight is 334 g/mol. The zero-order valence-electron chi connectivity index (χ0n) is 11.3. The summed E-state index contributed by atoms with van der Waals surface area (Å²) in [6, 6.07) is 6.02. The molecule has 0 saturated carbocycles. The normalized spacial score (nSPS) is 18.3. The monoisotopic (exact) mass is 333 g/mol. The highest BCUT2D eigenvalue weighted by Gasteiger charge is 2.25. The lowest BCUT2D eigenvalue weighted by atomic mass is 10.3. The van der Waals surface area contributed by atoms with Crippen LogP contribution in [-0.4, -0.2) is 29.2 Å². The minimum absolute atomic E-state index is 0.191. The number of rotatable bonds is 3. The second-order valence-corrected chi connectivity index (χ2v) is 5.83. The summed E-state index contributed by atoms with van der Waals surface area (Å²) in [5.74, 6) is 1.88. The smallest absolute Gasteiger partial charge is 0.137 e. The van der Waals surface area contributed by atoms with Crippen LogP contribution in [0.3, 0.4) is 0 Å². The van der Waals surface area contributed by atoms with Crippen LogP contribution in [0.4, 0.5) is 5.82 Å². The van der Waals surface area contributed by atoms with E-state index >= 15 is 0 Å². The number of hydrogen-bond acceptors (Lipinski definition) is 4. The van der Waals surface area contributed by atoms with Gasteiger partial charge in [0.25, 0.3) is 0 Å². The van der Waals surface area contributed by atoms with Gasteiger partial charge in [-0.15, -0.1) is 0 Å². The van der Waals surface area contributed by atoms with Gasteiger partial charge >= 0.3 is 0 Å². The van der Waals surface area contributed by atoms with Gasteiger partial charge in [-0.05, 0) is 46.6 Å². The van der Waals surface area contributed by atoms with E-state index in [0.717, 1.165) is 35.6 Å². The molecule has 3 rings (SSSR count). The number of hydrogen-bond donors (Lipinski definition) is 0. The van der Waals surface area contributed by atoms with Crippen molar-refractivity contribution in [2.75, 3.05) is 18.0 Å². The summed E-state index contributed by atoms with van der Waals surface area (Å²) in [7, 11) is 0. The van der Waals surface area contributed by atoms with Crippen LogP contribution in [0.2, 0.25) is 0 Å². The number of anilines is 1. The zero-order chi connectivity index (χ0) is 13.9. The van der Waals surface area contributed by atoms with Crippen molar-refractivity contribution in [3.05, 3.63) is 46.8 Å². The maximum atomic E-state index is 6.03. The molecule has 0 aromatic carbocycles. The molecule has 3 heterocycles. The molecule has 1 atom stereocenters. The third kappa shape index (κ3) is 2.93. The Hall–Kier alpha value is -1.62. The van der Waals surface area contributed by atoms with Crippen molar-refractivity contribution in [3.8, 4) is 5.75 Å². The predicted molar refractivity (Wildman–Crippen MR) is 82.2 cm³/mol. The molecule has 0 spiro atoms. The van der Waals surface area contributed by atoms with E-state index in [9.17, 15) is 0 Å². The Morgan fingerprint density at radius 3 is 3.05 bits per heavy atom. The molecule has 4 nitrogen and oxygen atoms in total. The maximum Gasteiger partial charge on any atom is 0.137 e. The van der Waals surface area contributed by atoms with Crippen LogP contribution in [0, 0.1) is 6.92 Å². The lowest BCUT2D eigenvalue weighted by molar-refractivity contribution is 0.223. The number of aromatic nitrogens is 2. The number of nitrogens with zero attached hydrogens (tertiary/aromatic N) is 3. The molecule has 1 unspecified atom stereocenters. The van der Waals surface area contributed by atoms with Crippen molar-refractivity contribution in [3.63, 3.8) is 0 Å². The van der Waals surface area contributed by atoms with Gasteiger partial charge in [-0.3, -0.25) is 4.98 Å². The van der Waals surface area contributed by atoms with E-state index in [1.165, 1.54) is 5.56 Å². The molecule has 1 aliphatic heterocycles. The Bertz CT molecular complexity index is 605. The van der Waals surface area contributed by atoms with Crippen molar-refractivity contribution >= 4 is 21.7 Å². The molecule has 104 valence electrons. The molecule has 0 aliphatic carbocycles. The molecule has 1 aliphatic rings. The van der Waals surface area contributed by atoms with E-state index in [1.54, 1.807) is 12.4 Å². The minimum Gasteiger partial charge on any atom is -0.487 e. The third-order valence-electron chi connectivity index (χ3n) is 3.40. The summed E-state index contributed by atoms with van der Waals surface area (Å²) < 4.78 is 6.93. The molecular formula is C15H16BrN3O. The number of halogens is 1. The first-order chi connectivity index (χ1) is 9.72. The summed E-state index contributed by atoms with van der Waals surface area (Å²) >= 11 is 3.46. The van der Waals surface area contributed by atoms with Crippen LogP contribution < -0.4 is 9.64 Å². The standard InChI is InChI=1S/C15H16BrN3O/c1-11-2-6-18-15(8-11)19-7-4-12(10-19)20-14-3-5-17-9-13(14)16/h2-3,5-6,8-9,12H,4,7,10H2,1H3. The van der Waals surface area contributed by atoms with Gasteiger partial charge in [0, 0.05) is 31.6 Å². The van der Waals surface area contributed by atoms with Gasteiger partial charge in [0.1, 0.15) is 17.7 Å². The fourth-order valence-electron chi connectivity index (χ4n) is 2.36. The molecule has 20 heavy (non-hydrogen) atoms. The minimum atomic E-state index is 0.191. The second-order valence-electron chi connectivity index (χ2n) is 4.97. The second kappa shape index (κ2) is 5.79. The van der Waals surface area contributed by atoms with Gasteiger partial charge in [-0.1, -0.05) is 0 Å². The molecule has 1 saturated heterocycles. The fourth-order valence-corrected chi connectivity index (χ4v) is 2.71. The van der Waals surface area contributed by atoms with E-state index in [1.807, 2.05) is 18.3 Å². The van der Waals surface area contributed by atoms with Gasteiger partial charge in [-0.2, -0.15) is 0 Å². The molecule has 0 bridgehead atoms. The lowest BCUT2D eigenvalue weighted by Crippen LogP contribution is -2.25. The van der Waals surface area contributed by atoms with Gasteiger partial charge in [0.05, 0.1) is 11.0 Å². The quantitative estimate of drug-likeness (QED) is 0.864. The van der Waals surface area contributed by atoms with Crippen LogP contribution in [0.5, 0.6) is 5.75 Å². The SMILES string of the molecule is Cc1ccnc(N2CCC(Oc3ccncc3Br)C2)c1. The molecule has 0 amide bonds. The summed E-state index contributed by atoms with van der Waals surface area (Å²) in [4.78, 5) is 10.7. The molecule has 2 aromatic rings. The van der Waals surface area contributed by atoms with Crippen LogP contribution in [-0.2, 0) is 0 Å². The summed E-state index contributed by atoms with van der Waals surface area (Å²) in [6.07, 6.45) is 6.55. The summed E-state index contributed by atoms with van der Waals surface area (Å²) in [6.45, 7) is 3.93. The summed E-state index contributed by atoms with van der Waals surface area (Å²) in [5, 5.41) is 0. The Morgan fingerprint density at radius 1 is 1.35 bits per heavy atom. The summed E-state index contributed by atoms with van der Waals surface area (Å²) in [5.41, 5.74) is 1.23. The Balaban J connectivity index is 1.67. The van der Waals surface area contributed by atoms with Crippen LogP contribution in [0.25, 0.3) is 0 Å². The number of pyridine rings is 2. The molecular weight excluding hydrogens is 318 g/mol. The van der Waals surface area contributed by atoms with Crippen LogP contribution in [0.1, 0.15) is 12.0 Å². The van der Waals surface area contributed by atoms with E-state index in [0.29, 0.717) is 0 Å². The fraction of sp³-hybridized carbons (Fsp3) is 0.333. The topological polar surface area (TPSA) is 38.2 Å². The van der Waals surface area contributed by atoms with Gasteiger partial charge in [0.2, 0.25) is 0 Å². The first-order valence-electron chi connectivity index (χ1n) is 6.66. The highest BCUT2D eigenvalue weighted by Crippen LogP contribution is 2.27. The van der Waals surface area contributed by atoms with Crippen LogP contribution in [0.15, 0.2) is 41.3 Å². The maximum absolute atomic E-state index is 6.03. The Kier molecular flexibility index (Phi) is 3.87. The number of ether oxygens (including phenoxy) is 1. The first kappa shape index (κ1) is 13.4. The first-order valence-corrected chi connectivity index (χ1v) is 7.45. The average Bonchev–Trinajstić information content (AvgIpc) is 2.90. The van der Waals surface area contributed by atoms with Crippen molar-refractivity contribution in [2.45, 2.75) is 19.4 Å². The van der Waals surface area contributed by atoms with E-state index in [4.69, 9.17) is 4.74 Å². The van der Waals surface area contributed by atoms with Crippen LogP contribution >= 0.6 is 15.9 Å². The Labute approximate surface area is 126 Å². The predicted octanol–water partition coefficient (Wildman–Crippen LogP) is 3.21. The van der Waals surface area contributed by atoms with Gasteiger partial charge in [0.15, 0.2) is 0 Å². The third-order valence-corrected chi connectivity index (χ3v) is 3.99. The van der Waals surface area contributed by atoms with E-state index in [-0.39, 0.29) is 6.10 Å². The largest absolute Gasteiger partial charge is 0.487 e. The highest BCUT2D eigenvalue weighted by atomic mass is 79.9. The molecule has 0 radical (unpaired) electrons. The zero-order valence-corrected chi connectivity index (χ0v) is 12.9. The lowest BCUT2D eigenvalue weighted by Gasteiger charge is -2.18. The molecule has 2 aromatic heterocycles.